The first-order valence-corrected chi connectivity index (χ1v) is 7.59. The molecule has 0 atom stereocenters. The zero-order valence-corrected chi connectivity index (χ0v) is 11.9. The molecule has 2 fully saturated rings. The molecule has 1 aliphatic heterocycles. The van der Waals surface area contributed by atoms with Gasteiger partial charge in [0.15, 0.2) is 0 Å². The van der Waals surface area contributed by atoms with E-state index in [-0.39, 0.29) is 5.41 Å². The van der Waals surface area contributed by atoms with Gasteiger partial charge in [0, 0.05) is 18.5 Å². The minimum Gasteiger partial charge on any atom is -0.340 e. The number of anilines is 1. The lowest BCUT2D eigenvalue weighted by atomic mass is 9.88. The molecule has 1 aromatic rings. The number of nitrogens with one attached hydrogen (secondary N) is 1. The lowest BCUT2D eigenvalue weighted by Crippen LogP contribution is -2.36. The molecule has 0 radical (unpaired) electrons. The minimum atomic E-state index is 0.223. The number of piperidine rings is 1. The smallest absolute Gasteiger partial charge is 0.244 e. The number of aromatic nitrogens is 3. The van der Waals surface area contributed by atoms with Gasteiger partial charge in [-0.3, -0.25) is 5.10 Å². The summed E-state index contributed by atoms with van der Waals surface area (Å²) >= 11 is 0. The highest BCUT2D eigenvalue weighted by molar-refractivity contribution is 5.31. The molecule has 1 aromatic heterocycles. The van der Waals surface area contributed by atoms with E-state index in [0.717, 1.165) is 44.2 Å². The van der Waals surface area contributed by atoms with Gasteiger partial charge in [0.25, 0.3) is 0 Å². The predicted molar refractivity (Wildman–Crippen MR) is 76.2 cm³/mol. The van der Waals surface area contributed by atoms with Crippen molar-refractivity contribution in [3.63, 3.8) is 0 Å². The zero-order valence-electron chi connectivity index (χ0n) is 11.9. The Morgan fingerprint density at radius 1 is 1.32 bits per heavy atom. The summed E-state index contributed by atoms with van der Waals surface area (Å²) in [4.78, 5) is 7.06. The fourth-order valence-electron chi connectivity index (χ4n) is 3.43. The Morgan fingerprint density at radius 2 is 2.00 bits per heavy atom. The average Bonchev–Trinajstić information content (AvgIpc) is 3.08. The summed E-state index contributed by atoms with van der Waals surface area (Å²) in [6.07, 6.45) is 7.42. The molecule has 5 nitrogen and oxygen atoms in total. The molecule has 0 spiro atoms. The van der Waals surface area contributed by atoms with Crippen molar-refractivity contribution in [2.75, 3.05) is 24.5 Å². The third kappa shape index (κ3) is 2.48. The van der Waals surface area contributed by atoms with Gasteiger partial charge in [-0.25, -0.2) is 0 Å². The quantitative estimate of drug-likeness (QED) is 0.872. The van der Waals surface area contributed by atoms with Crippen LogP contribution in [0.15, 0.2) is 0 Å². The van der Waals surface area contributed by atoms with Crippen LogP contribution in [0, 0.1) is 5.92 Å². The van der Waals surface area contributed by atoms with Crippen molar-refractivity contribution >= 4 is 5.95 Å². The van der Waals surface area contributed by atoms with E-state index in [9.17, 15) is 0 Å². The fourth-order valence-corrected chi connectivity index (χ4v) is 3.43. The van der Waals surface area contributed by atoms with Crippen molar-refractivity contribution in [2.24, 2.45) is 11.7 Å². The third-order valence-electron chi connectivity index (χ3n) is 4.98. The second-order valence-corrected chi connectivity index (χ2v) is 6.42. The van der Waals surface area contributed by atoms with Crippen LogP contribution < -0.4 is 10.6 Å². The van der Waals surface area contributed by atoms with E-state index in [4.69, 9.17) is 10.7 Å². The topological polar surface area (TPSA) is 70.8 Å². The maximum atomic E-state index is 5.74. The molecule has 19 heavy (non-hydrogen) atoms. The number of H-pyrrole nitrogens is 1. The van der Waals surface area contributed by atoms with E-state index in [1.807, 2.05) is 0 Å². The van der Waals surface area contributed by atoms with E-state index in [1.54, 1.807) is 0 Å². The molecule has 3 rings (SSSR count). The fraction of sp³-hybridized carbons (Fsp3) is 0.857. The van der Waals surface area contributed by atoms with Crippen LogP contribution >= 0.6 is 0 Å². The van der Waals surface area contributed by atoms with Crippen molar-refractivity contribution < 1.29 is 0 Å². The SMILES string of the molecule is CC1(c2nc(N3CCC(CN)CC3)n[nH]2)CCCC1. The number of hydrogen-bond donors (Lipinski definition) is 2. The number of hydrogen-bond acceptors (Lipinski definition) is 4. The lowest BCUT2D eigenvalue weighted by molar-refractivity contribution is 0.411. The highest BCUT2D eigenvalue weighted by atomic mass is 15.4. The van der Waals surface area contributed by atoms with Gasteiger partial charge < -0.3 is 10.6 Å². The van der Waals surface area contributed by atoms with Gasteiger partial charge in [-0.2, -0.15) is 4.98 Å². The number of nitrogens with two attached hydrogens (primary N) is 1. The summed E-state index contributed by atoms with van der Waals surface area (Å²) in [5.74, 6) is 2.65. The van der Waals surface area contributed by atoms with Gasteiger partial charge in [0.2, 0.25) is 5.95 Å². The summed E-state index contributed by atoms with van der Waals surface area (Å²) in [6, 6.07) is 0. The van der Waals surface area contributed by atoms with E-state index >= 15 is 0 Å². The third-order valence-corrected chi connectivity index (χ3v) is 4.98. The van der Waals surface area contributed by atoms with E-state index in [2.05, 4.69) is 22.0 Å². The summed E-state index contributed by atoms with van der Waals surface area (Å²) < 4.78 is 0. The van der Waals surface area contributed by atoms with Crippen molar-refractivity contribution in [2.45, 2.75) is 50.9 Å². The van der Waals surface area contributed by atoms with Crippen molar-refractivity contribution in [3.8, 4) is 0 Å². The molecule has 1 saturated heterocycles. The van der Waals surface area contributed by atoms with Crippen LogP contribution in [0.3, 0.4) is 0 Å². The first-order valence-electron chi connectivity index (χ1n) is 7.59. The Morgan fingerprint density at radius 3 is 2.63 bits per heavy atom. The summed E-state index contributed by atoms with van der Waals surface area (Å²) in [5, 5.41) is 7.62. The minimum absolute atomic E-state index is 0.223. The van der Waals surface area contributed by atoms with Crippen LogP contribution in [0.25, 0.3) is 0 Å². The van der Waals surface area contributed by atoms with Crippen molar-refractivity contribution in [1.82, 2.24) is 15.2 Å². The Hall–Kier alpha value is -1.10. The molecule has 2 heterocycles. The number of rotatable bonds is 3. The Balaban J connectivity index is 1.68. The summed E-state index contributed by atoms with van der Waals surface area (Å²) in [5.41, 5.74) is 5.96. The Labute approximate surface area is 115 Å². The maximum absolute atomic E-state index is 5.74. The van der Waals surface area contributed by atoms with E-state index in [1.165, 1.54) is 25.7 Å². The van der Waals surface area contributed by atoms with Gasteiger partial charge in [-0.1, -0.05) is 19.8 Å². The highest BCUT2D eigenvalue weighted by Gasteiger charge is 2.34. The zero-order chi connectivity index (χ0) is 13.3. The molecule has 1 aliphatic carbocycles. The summed E-state index contributed by atoms with van der Waals surface area (Å²) in [7, 11) is 0. The van der Waals surface area contributed by atoms with Crippen molar-refractivity contribution in [1.29, 1.82) is 0 Å². The van der Waals surface area contributed by atoms with Gasteiger partial charge in [-0.15, -0.1) is 5.10 Å². The molecular weight excluding hydrogens is 238 g/mol. The predicted octanol–water partition coefficient (Wildman–Crippen LogP) is 1.81. The first kappa shape index (κ1) is 12.9. The molecule has 5 heteroatoms. The number of aromatic amines is 1. The molecule has 0 unspecified atom stereocenters. The van der Waals surface area contributed by atoms with Crippen LogP contribution in [-0.2, 0) is 5.41 Å². The molecule has 0 aromatic carbocycles. The second-order valence-electron chi connectivity index (χ2n) is 6.42. The largest absolute Gasteiger partial charge is 0.340 e. The van der Waals surface area contributed by atoms with Crippen molar-refractivity contribution in [3.05, 3.63) is 5.82 Å². The molecular formula is C14H25N5. The Kier molecular flexibility index (Phi) is 3.48. The van der Waals surface area contributed by atoms with E-state index < -0.39 is 0 Å². The molecule has 0 amide bonds. The van der Waals surface area contributed by atoms with Gasteiger partial charge in [0.05, 0.1) is 0 Å². The molecule has 2 aliphatic rings. The van der Waals surface area contributed by atoms with Crippen LogP contribution in [0.5, 0.6) is 0 Å². The van der Waals surface area contributed by atoms with Gasteiger partial charge >= 0.3 is 0 Å². The Bertz CT molecular complexity index is 413. The van der Waals surface area contributed by atoms with Crippen LogP contribution in [0.1, 0.15) is 51.3 Å². The highest BCUT2D eigenvalue weighted by Crippen LogP contribution is 2.39. The monoisotopic (exact) mass is 263 g/mol. The van der Waals surface area contributed by atoms with E-state index in [0.29, 0.717) is 5.92 Å². The molecule has 0 bridgehead atoms. The lowest BCUT2D eigenvalue weighted by Gasteiger charge is -2.30. The van der Waals surface area contributed by atoms with Gasteiger partial charge in [0.1, 0.15) is 5.82 Å². The first-order chi connectivity index (χ1) is 9.21. The second kappa shape index (κ2) is 5.12. The normalized spacial score (nSPS) is 24.0. The maximum Gasteiger partial charge on any atom is 0.244 e. The van der Waals surface area contributed by atoms with Crippen LogP contribution in [-0.4, -0.2) is 34.8 Å². The standard InChI is InChI=1S/C14H25N5/c1-14(6-2-3-7-14)12-16-13(18-17-12)19-8-4-11(10-15)5-9-19/h11H,2-10,15H2,1H3,(H,16,17,18). The van der Waals surface area contributed by atoms with Gasteiger partial charge in [-0.05, 0) is 38.1 Å². The average molecular weight is 263 g/mol. The summed E-state index contributed by atoms with van der Waals surface area (Å²) in [6.45, 7) is 5.20. The van der Waals surface area contributed by atoms with Crippen LogP contribution in [0.2, 0.25) is 0 Å². The molecule has 3 N–H and O–H groups in total. The number of nitrogens with zero attached hydrogens (tertiary/aromatic N) is 3. The van der Waals surface area contributed by atoms with Crippen LogP contribution in [0.4, 0.5) is 5.95 Å². The molecule has 1 saturated carbocycles. The molecule has 106 valence electrons.